The van der Waals surface area contributed by atoms with Gasteiger partial charge in [-0.3, -0.25) is 9.78 Å². The van der Waals surface area contributed by atoms with Crippen LogP contribution in [0, 0.1) is 5.92 Å². The highest BCUT2D eigenvalue weighted by Crippen LogP contribution is 2.23. The number of hydrogen-bond donors (Lipinski definition) is 2. The van der Waals surface area contributed by atoms with Crippen LogP contribution in [-0.2, 0) is 6.42 Å². The predicted molar refractivity (Wildman–Crippen MR) is 86.1 cm³/mol. The van der Waals surface area contributed by atoms with Crippen molar-refractivity contribution in [2.45, 2.75) is 18.9 Å². The van der Waals surface area contributed by atoms with Crippen molar-refractivity contribution in [3.8, 4) is 5.75 Å². The molecule has 1 aromatic heterocycles. The van der Waals surface area contributed by atoms with E-state index in [1.54, 1.807) is 4.90 Å². The molecule has 1 amide bonds. The van der Waals surface area contributed by atoms with Crippen LogP contribution >= 0.6 is 0 Å². The second kappa shape index (κ2) is 6.79. The predicted octanol–water partition coefficient (Wildman–Crippen LogP) is 1.85. The van der Waals surface area contributed by atoms with Gasteiger partial charge in [-0.15, -0.1) is 0 Å². The number of aliphatic hydroxyl groups is 1. The summed E-state index contributed by atoms with van der Waals surface area (Å²) in [6.45, 7) is 1.02. The first kappa shape index (κ1) is 15.5. The highest BCUT2D eigenvalue weighted by Gasteiger charge is 2.30. The minimum absolute atomic E-state index is 0.0142. The maximum atomic E-state index is 12.5. The Hall–Kier alpha value is -2.40. The number of aliphatic hydroxyl groups excluding tert-OH is 1. The van der Waals surface area contributed by atoms with E-state index in [2.05, 4.69) is 4.98 Å². The van der Waals surface area contributed by atoms with Crippen LogP contribution in [0.5, 0.6) is 5.75 Å². The number of benzene rings is 1. The van der Waals surface area contributed by atoms with E-state index in [1.807, 2.05) is 30.3 Å². The summed E-state index contributed by atoms with van der Waals surface area (Å²) in [5, 5.41) is 19.7. The molecule has 1 fully saturated rings. The number of hydrogen-bond acceptors (Lipinski definition) is 4. The molecule has 0 saturated carbocycles. The van der Waals surface area contributed by atoms with Gasteiger partial charge in [-0.1, -0.05) is 30.3 Å². The fraction of sp³-hybridized carbons (Fsp3) is 0.333. The molecule has 2 aromatic rings. The molecule has 3 rings (SSSR count). The summed E-state index contributed by atoms with van der Waals surface area (Å²) in [5.74, 6) is -0.160. The number of amides is 1. The molecule has 2 N–H and O–H groups in total. The maximum Gasteiger partial charge on any atom is 0.255 e. The molecule has 1 aliphatic rings. The highest BCUT2D eigenvalue weighted by molar-refractivity contribution is 5.94. The molecule has 23 heavy (non-hydrogen) atoms. The van der Waals surface area contributed by atoms with E-state index in [0.717, 1.165) is 12.0 Å². The molecule has 2 heterocycles. The van der Waals surface area contributed by atoms with E-state index < -0.39 is 6.10 Å². The van der Waals surface area contributed by atoms with Gasteiger partial charge < -0.3 is 15.1 Å². The number of aromatic hydroxyl groups is 1. The van der Waals surface area contributed by atoms with Gasteiger partial charge in [0, 0.05) is 25.2 Å². The number of carbonyl (C=O) groups is 1. The van der Waals surface area contributed by atoms with Crippen molar-refractivity contribution in [3.05, 3.63) is 59.9 Å². The lowest BCUT2D eigenvalue weighted by molar-refractivity contribution is 0.0241. The van der Waals surface area contributed by atoms with E-state index in [4.69, 9.17) is 0 Å². The maximum absolute atomic E-state index is 12.5. The Morgan fingerprint density at radius 3 is 2.78 bits per heavy atom. The van der Waals surface area contributed by atoms with Crippen LogP contribution in [-0.4, -0.2) is 45.2 Å². The van der Waals surface area contributed by atoms with Gasteiger partial charge in [0.25, 0.3) is 5.91 Å². The normalized spacial score (nSPS) is 21.2. The molecule has 5 heteroatoms. The summed E-state index contributed by atoms with van der Waals surface area (Å²) in [5.41, 5.74) is 1.53. The summed E-state index contributed by atoms with van der Waals surface area (Å²) in [4.78, 5) is 18.1. The summed E-state index contributed by atoms with van der Waals surface area (Å²) in [6.07, 6.45) is 3.66. The minimum Gasteiger partial charge on any atom is -0.506 e. The van der Waals surface area contributed by atoms with Gasteiger partial charge in [0.1, 0.15) is 5.75 Å². The van der Waals surface area contributed by atoms with E-state index in [9.17, 15) is 15.0 Å². The van der Waals surface area contributed by atoms with E-state index in [0.29, 0.717) is 25.1 Å². The molecule has 0 unspecified atom stereocenters. The van der Waals surface area contributed by atoms with Crippen molar-refractivity contribution in [1.29, 1.82) is 0 Å². The standard InChI is InChI=1S/C18H20N2O3/c21-16-9-14(10-19-11-16)18(23)20-7-6-17(22)15(12-20)8-13-4-2-1-3-5-13/h1-5,9-11,15,17,21-22H,6-8,12H2/t15-,17-/m1/s1. The van der Waals surface area contributed by atoms with Crippen molar-refractivity contribution >= 4 is 5.91 Å². The topological polar surface area (TPSA) is 73.7 Å². The minimum atomic E-state index is -0.401. The van der Waals surface area contributed by atoms with Gasteiger partial charge in [-0.2, -0.15) is 0 Å². The SMILES string of the molecule is O=C(c1cncc(O)c1)N1CC[C@@H](O)[C@H](Cc2ccccc2)C1. The first-order valence-corrected chi connectivity index (χ1v) is 7.79. The largest absolute Gasteiger partial charge is 0.506 e. The number of rotatable bonds is 3. The number of likely N-dealkylation sites (tertiary alicyclic amines) is 1. The van der Waals surface area contributed by atoms with Crippen molar-refractivity contribution in [2.24, 2.45) is 5.92 Å². The second-order valence-electron chi connectivity index (χ2n) is 5.99. The van der Waals surface area contributed by atoms with Crippen LogP contribution in [0.15, 0.2) is 48.8 Å². The second-order valence-corrected chi connectivity index (χ2v) is 5.99. The third-order valence-corrected chi connectivity index (χ3v) is 4.29. The van der Waals surface area contributed by atoms with Gasteiger partial charge in [0.15, 0.2) is 0 Å². The summed E-state index contributed by atoms with van der Waals surface area (Å²) in [6, 6.07) is 11.4. The van der Waals surface area contributed by atoms with Crippen molar-refractivity contribution < 1.29 is 15.0 Å². The number of aromatic nitrogens is 1. The smallest absolute Gasteiger partial charge is 0.255 e. The van der Waals surface area contributed by atoms with E-state index >= 15 is 0 Å². The number of nitrogens with zero attached hydrogens (tertiary/aromatic N) is 2. The Kier molecular flexibility index (Phi) is 4.57. The van der Waals surface area contributed by atoms with Crippen LogP contribution in [0.3, 0.4) is 0 Å². The van der Waals surface area contributed by atoms with Crippen LogP contribution in [0.25, 0.3) is 0 Å². The Bertz CT molecular complexity index is 675. The average molecular weight is 312 g/mol. The molecule has 120 valence electrons. The molecular weight excluding hydrogens is 292 g/mol. The van der Waals surface area contributed by atoms with Crippen LogP contribution in [0.2, 0.25) is 0 Å². The van der Waals surface area contributed by atoms with E-state index in [1.165, 1.54) is 18.5 Å². The molecule has 1 aliphatic heterocycles. The fourth-order valence-corrected chi connectivity index (χ4v) is 3.05. The Morgan fingerprint density at radius 1 is 1.26 bits per heavy atom. The molecular formula is C18H20N2O3. The van der Waals surface area contributed by atoms with Crippen molar-refractivity contribution in [3.63, 3.8) is 0 Å². The monoisotopic (exact) mass is 312 g/mol. The quantitative estimate of drug-likeness (QED) is 0.907. The molecule has 0 aliphatic carbocycles. The summed E-state index contributed by atoms with van der Waals surface area (Å²) >= 11 is 0. The zero-order chi connectivity index (χ0) is 16.2. The summed E-state index contributed by atoms with van der Waals surface area (Å²) < 4.78 is 0. The first-order chi connectivity index (χ1) is 11.1. The number of pyridine rings is 1. The fourth-order valence-electron chi connectivity index (χ4n) is 3.05. The van der Waals surface area contributed by atoms with Gasteiger partial charge in [0.2, 0.25) is 0 Å². The zero-order valence-electron chi connectivity index (χ0n) is 12.8. The van der Waals surface area contributed by atoms with Crippen LogP contribution in [0.4, 0.5) is 0 Å². The lowest BCUT2D eigenvalue weighted by Gasteiger charge is -2.36. The summed E-state index contributed by atoms with van der Waals surface area (Å²) in [7, 11) is 0. The zero-order valence-corrected chi connectivity index (χ0v) is 12.8. The number of piperidine rings is 1. The number of carbonyl (C=O) groups excluding carboxylic acids is 1. The van der Waals surface area contributed by atoms with Crippen LogP contribution < -0.4 is 0 Å². The highest BCUT2D eigenvalue weighted by atomic mass is 16.3. The third-order valence-electron chi connectivity index (χ3n) is 4.29. The molecule has 0 spiro atoms. The first-order valence-electron chi connectivity index (χ1n) is 7.79. The lowest BCUT2D eigenvalue weighted by Crippen LogP contribution is -2.46. The average Bonchev–Trinajstić information content (AvgIpc) is 2.57. The Balaban J connectivity index is 1.71. The Morgan fingerprint density at radius 2 is 2.04 bits per heavy atom. The van der Waals surface area contributed by atoms with Gasteiger partial charge in [-0.25, -0.2) is 0 Å². The van der Waals surface area contributed by atoms with Crippen molar-refractivity contribution in [1.82, 2.24) is 9.88 Å². The van der Waals surface area contributed by atoms with E-state index in [-0.39, 0.29) is 17.6 Å². The molecule has 1 saturated heterocycles. The molecule has 1 aromatic carbocycles. The third kappa shape index (κ3) is 3.68. The van der Waals surface area contributed by atoms with Gasteiger partial charge in [-0.05, 0) is 24.5 Å². The molecule has 5 nitrogen and oxygen atoms in total. The van der Waals surface area contributed by atoms with Gasteiger partial charge in [0.05, 0.1) is 17.9 Å². The molecule has 2 atom stereocenters. The lowest BCUT2D eigenvalue weighted by atomic mass is 9.88. The van der Waals surface area contributed by atoms with Crippen LogP contribution in [0.1, 0.15) is 22.3 Å². The van der Waals surface area contributed by atoms with Gasteiger partial charge >= 0.3 is 0 Å². The molecule has 0 radical (unpaired) electrons. The molecule has 0 bridgehead atoms. The van der Waals surface area contributed by atoms with Crippen molar-refractivity contribution in [2.75, 3.05) is 13.1 Å². The Labute approximate surface area is 135 Å².